The number of aliphatic imine (C=N–C) groups is 1. The van der Waals surface area contributed by atoms with Crippen molar-refractivity contribution < 1.29 is 0 Å². The third kappa shape index (κ3) is 1.81. The van der Waals surface area contributed by atoms with Gasteiger partial charge in [-0.05, 0) is 49.3 Å². The third-order valence-electron chi connectivity index (χ3n) is 7.31. The standard InChI is InChI=1S/C21H25ClN2/c1-20(15-6-8-18(22)9-7-15)16-4-5-17(14-16)21(20)11-10-19(23-21)24-12-2-3-13-24/h4-9,16-17H,2-3,10-14H2,1H3. The number of hydrogen-bond donors (Lipinski definition) is 0. The van der Waals surface area contributed by atoms with Crippen molar-refractivity contribution in [2.24, 2.45) is 16.8 Å². The van der Waals surface area contributed by atoms with E-state index in [1.54, 1.807) is 0 Å². The molecule has 0 amide bonds. The Morgan fingerprint density at radius 3 is 2.54 bits per heavy atom. The van der Waals surface area contributed by atoms with E-state index in [4.69, 9.17) is 16.6 Å². The quantitative estimate of drug-likeness (QED) is 0.668. The van der Waals surface area contributed by atoms with E-state index in [2.05, 4.69) is 36.1 Å². The highest BCUT2D eigenvalue weighted by molar-refractivity contribution is 6.30. The first-order chi connectivity index (χ1) is 11.6. The van der Waals surface area contributed by atoms with Crippen LogP contribution in [0.15, 0.2) is 41.4 Å². The minimum atomic E-state index is 0.0537. The number of allylic oxidation sites excluding steroid dienone is 1. The van der Waals surface area contributed by atoms with E-state index < -0.39 is 0 Å². The third-order valence-corrected chi connectivity index (χ3v) is 7.56. The fraction of sp³-hybridized carbons (Fsp3) is 0.571. The first-order valence-electron chi connectivity index (χ1n) is 9.41. The molecule has 4 atom stereocenters. The van der Waals surface area contributed by atoms with Crippen LogP contribution in [0.1, 0.15) is 44.6 Å². The molecule has 1 saturated heterocycles. The van der Waals surface area contributed by atoms with Gasteiger partial charge < -0.3 is 4.90 Å². The molecule has 0 radical (unpaired) electrons. The minimum absolute atomic E-state index is 0.0537. The van der Waals surface area contributed by atoms with Crippen LogP contribution in [0.4, 0.5) is 0 Å². The maximum Gasteiger partial charge on any atom is 0.0997 e. The molecule has 1 aromatic carbocycles. The molecule has 3 heteroatoms. The molecule has 2 aliphatic heterocycles. The van der Waals surface area contributed by atoms with Gasteiger partial charge in [0.2, 0.25) is 0 Å². The minimum Gasteiger partial charge on any atom is -0.360 e. The monoisotopic (exact) mass is 340 g/mol. The smallest absolute Gasteiger partial charge is 0.0997 e. The lowest BCUT2D eigenvalue weighted by Crippen LogP contribution is -2.50. The van der Waals surface area contributed by atoms with Crippen molar-refractivity contribution in [3.05, 3.63) is 47.0 Å². The lowest BCUT2D eigenvalue weighted by Gasteiger charge is -2.46. The summed E-state index contributed by atoms with van der Waals surface area (Å²) < 4.78 is 0. The Balaban J connectivity index is 1.61. The molecule has 2 aliphatic carbocycles. The zero-order valence-electron chi connectivity index (χ0n) is 14.3. The Kier molecular flexibility index (Phi) is 3.20. The van der Waals surface area contributed by atoms with Crippen molar-refractivity contribution in [3.8, 4) is 0 Å². The van der Waals surface area contributed by atoms with Gasteiger partial charge in [-0.15, -0.1) is 0 Å². The Labute approximate surface area is 149 Å². The molecule has 4 aliphatic rings. The largest absolute Gasteiger partial charge is 0.360 e. The number of halogens is 1. The topological polar surface area (TPSA) is 15.6 Å². The van der Waals surface area contributed by atoms with Crippen molar-refractivity contribution >= 4 is 17.4 Å². The highest BCUT2D eigenvalue weighted by atomic mass is 35.5. The number of benzene rings is 1. The highest BCUT2D eigenvalue weighted by Crippen LogP contribution is 2.64. The van der Waals surface area contributed by atoms with Crippen LogP contribution in [0.25, 0.3) is 0 Å². The molecule has 24 heavy (non-hydrogen) atoms. The highest BCUT2D eigenvalue weighted by Gasteiger charge is 2.65. The van der Waals surface area contributed by atoms with Gasteiger partial charge in [0.25, 0.3) is 0 Å². The van der Waals surface area contributed by atoms with Crippen molar-refractivity contribution in [2.75, 3.05) is 13.1 Å². The molecular weight excluding hydrogens is 316 g/mol. The molecule has 5 rings (SSSR count). The van der Waals surface area contributed by atoms with E-state index in [0.717, 1.165) is 11.4 Å². The summed E-state index contributed by atoms with van der Waals surface area (Å²) in [5, 5.41) is 0.822. The maximum atomic E-state index is 6.16. The summed E-state index contributed by atoms with van der Waals surface area (Å²) >= 11 is 6.16. The molecule has 0 aromatic heterocycles. The van der Waals surface area contributed by atoms with Crippen LogP contribution in [-0.2, 0) is 5.41 Å². The molecule has 2 bridgehead atoms. The molecule has 2 nitrogen and oxygen atoms in total. The summed E-state index contributed by atoms with van der Waals surface area (Å²) in [4.78, 5) is 8.04. The van der Waals surface area contributed by atoms with Crippen LogP contribution in [0.2, 0.25) is 5.02 Å². The Bertz CT molecular complexity index is 716. The van der Waals surface area contributed by atoms with Gasteiger partial charge in [-0.1, -0.05) is 42.8 Å². The number of amidine groups is 1. The van der Waals surface area contributed by atoms with E-state index in [9.17, 15) is 0 Å². The average molecular weight is 341 g/mol. The lowest BCUT2D eigenvalue weighted by atomic mass is 9.60. The molecule has 1 aromatic rings. The van der Waals surface area contributed by atoms with Crippen LogP contribution in [0, 0.1) is 11.8 Å². The lowest BCUT2D eigenvalue weighted by molar-refractivity contribution is 0.216. The van der Waals surface area contributed by atoms with Crippen LogP contribution >= 0.6 is 11.6 Å². The molecule has 126 valence electrons. The van der Waals surface area contributed by atoms with Gasteiger partial charge in [0, 0.05) is 35.9 Å². The van der Waals surface area contributed by atoms with Crippen molar-refractivity contribution in [1.82, 2.24) is 4.90 Å². The van der Waals surface area contributed by atoms with Crippen molar-refractivity contribution in [1.29, 1.82) is 0 Å². The Hall–Kier alpha value is -1.28. The summed E-state index contributed by atoms with van der Waals surface area (Å²) in [5.74, 6) is 2.59. The number of fused-ring (bicyclic) bond motifs is 3. The zero-order valence-corrected chi connectivity index (χ0v) is 15.1. The van der Waals surface area contributed by atoms with Crippen molar-refractivity contribution in [2.45, 2.75) is 50.0 Å². The van der Waals surface area contributed by atoms with Crippen LogP contribution < -0.4 is 0 Å². The predicted molar refractivity (Wildman–Crippen MR) is 99.7 cm³/mol. The molecule has 1 spiro atoms. The van der Waals surface area contributed by atoms with E-state index in [-0.39, 0.29) is 11.0 Å². The van der Waals surface area contributed by atoms with Gasteiger partial charge in [-0.2, -0.15) is 0 Å². The second-order valence-electron chi connectivity index (χ2n) is 8.19. The van der Waals surface area contributed by atoms with Gasteiger partial charge in [0.05, 0.1) is 11.4 Å². The van der Waals surface area contributed by atoms with Crippen LogP contribution in [0.3, 0.4) is 0 Å². The number of nitrogens with zero attached hydrogens (tertiary/aromatic N) is 2. The van der Waals surface area contributed by atoms with Gasteiger partial charge in [0.1, 0.15) is 0 Å². The summed E-state index contributed by atoms with van der Waals surface area (Å²) in [7, 11) is 0. The van der Waals surface area contributed by atoms with Crippen LogP contribution in [0.5, 0.6) is 0 Å². The molecule has 1 saturated carbocycles. The van der Waals surface area contributed by atoms with Crippen LogP contribution in [-0.4, -0.2) is 29.4 Å². The van der Waals surface area contributed by atoms with E-state index >= 15 is 0 Å². The molecule has 2 heterocycles. The zero-order chi connectivity index (χ0) is 16.4. The average Bonchev–Trinajstić information content (AvgIpc) is 3.34. The SMILES string of the molecule is CC1(c2ccc(Cl)cc2)C2C=CC(C2)C12CCC(N1CCCC1)=N2. The first-order valence-corrected chi connectivity index (χ1v) is 9.79. The van der Waals surface area contributed by atoms with Gasteiger partial charge >= 0.3 is 0 Å². The van der Waals surface area contributed by atoms with Gasteiger partial charge in [-0.25, -0.2) is 0 Å². The maximum absolute atomic E-state index is 6.16. The number of hydrogen-bond acceptors (Lipinski definition) is 2. The predicted octanol–water partition coefficient (Wildman–Crippen LogP) is 4.83. The second-order valence-corrected chi connectivity index (χ2v) is 8.63. The molecule has 4 unspecified atom stereocenters. The Morgan fingerprint density at radius 1 is 1.08 bits per heavy atom. The summed E-state index contributed by atoms with van der Waals surface area (Å²) in [6.07, 6.45) is 11.2. The molecule has 0 N–H and O–H groups in total. The van der Waals surface area contributed by atoms with E-state index in [1.165, 1.54) is 50.2 Å². The normalized spacial score (nSPS) is 40.1. The fourth-order valence-corrected chi connectivity index (χ4v) is 6.07. The first kappa shape index (κ1) is 15.0. The summed E-state index contributed by atoms with van der Waals surface area (Å²) in [6, 6.07) is 8.57. The number of likely N-dealkylation sites (tertiary alicyclic amines) is 1. The fourth-order valence-electron chi connectivity index (χ4n) is 5.94. The molecule has 2 fully saturated rings. The molecular formula is C21H25ClN2. The summed E-state index contributed by atoms with van der Waals surface area (Å²) in [6.45, 7) is 4.87. The number of rotatable bonds is 1. The van der Waals surface area contributed by atoms with Gasteiger partial charge in [-0.3, -0.25) is 4.99 Å². The van der Waals surface area contributed by atoms with E-state index in [0.29, 0.717) is 11.8 Å². The second kappa shape index (κ2) is 5.11. The van der Waals surface area contributed by atoms with E-state index in [1.807, 2.05) is 12.1 Å². The van der Waals surface area contributed by atoms with Crippen molar-refractivity contribution in [3.63, 3.8) is 0 Å². The van der Waals surface area contributed by atoms with Gasteiger partial charge in [0.15, 0.2) is 0 Å². The Morgan fingerprint density at radius 2 is 1.79 bits per heavy atom. The summed E-state index contributed by atoms with van der Waals surface area (Å²) in [5.41, 5.74) is 1.56.